The quantitative estimate of drug-likeness (QED) is 0.619. The van der Waals surface area contributed by atoms with Gasteiger partial charge in [-0.3, -0.25) is 0 Å². The van der Waals surface area contributed by atoms with Gasteiger partial charge < -0.3 is 9.47 Å². The van der Waals surface area contributed by atoms with Crippen LogP contribution in [0.2, 0.25) is 0 Å². The summed E-state index contributed by atoms with van der Waals surface area (Å²) < 4.78 is 10.1. The van der Waals surface area contributed by atoms with E-state index < -0.39 is 0 Å². The number of halogens is 2. The molecule has 132 valence electrons. The second-order valence-electron chi connectivity index (χ2n) is 5.89. The molecule has 2 rings (SSSR count). The van der Waals surface area contributed by atoms with Gasteiger partial charge in [-0.15, -0.1) is 10.5 Å². The first-order valence-electron chi connectivity index (χ1n) is 7.70. The maximum atomic E-state index is 8.76. The summed E-state index contributed by atoms with van der Waals surface area (Å²) >= 11 is 12.5. The molecule has 0 bridgehead atoms. The molecule has 0 unspecified atom stereocenters. The Bertz CT molecular complexity index is 905. The average molecular weight is 387 g/mol. The van der Waals surface area contributed by atoms with Gasteiger partial charge in [0.15, 0.2) is 0 Å². The summed E-state index contributed by atoms with van der Waals surface area (Å²) in [6.07, 6.45) is 3.37. The number of nitrogens with zero attached hydrogens (tertiary/aromatic N) is 2. The molecule has 0 atom stereocenters. The molecule has 0 heterocycles. The largest absolute Gasteiger partial charge is 0.388 e. The molecule has 0 N–H and O–H groups in total. The second-order valence-corrected chi connectivity index (χ2v) is 6.84. The summed E-state index contributed by atoms with van der Waals surface area (Å²) in [4.78, 5) is 0. The summed E-state index contributed by atoms with van der Waals surface area (Å²) in [6.45, 7) is 7.48. The molecular weight excluding hydrogens is 371 g/mol. The van der Waals surface area contributed by atoms with Crippen LogP contribution in [0.1, 0.15) is 33.4 Å². The lowest BCUT2D eigenvalue weighted by atomic mass is 9.90. The average Bonchev–Trinajstić information content (AvgIpc) is 2.56. The Morgan fingerprint density at radius 3 is 1.42 bits per heavy atom. The van der Waals surface area contributed by atoms with Crippen LogP contribution < -0.4 is 9.47 Å². The van der Waals surface area contributed by atoms with Gasteiger partial charge in [0.1, 0.15) is 16.0 Å². The minimum Gasteiger partial charge on any atom is -0.388 e. The van der Waals surface area contributed by atoms with Crippen molar-refractivity contribution in [1.29, 1.82) is 10.5 Å². The molecule has 0 saturated carbocycles. The van der Waals surface area contributed by atoms with Crippen LogP contribution >= 0.6 is 23.2 Å². The van der Waals surface area contributed by atoms with Crippen molar-refractivity contribution in [3.05, 3.63) is 62.1 Å². The Balaban J connectivity index is 2.69. The van der Waals surface area contributed by atoms with E-state index in [9.17, 15) is 0 Å². The zero-order chi connectivity index (χ0) is 19.4. The van der Waals surface area contributed by atoms with Crippen LogP contribution in [0.4, 0.5) is 0 Å². The topological polar surface area (TPSA) is 66.0 Å². The Labute approximate surface area is 162 Å². The smallest absolute Gasteiger partial charge is 0.292 e. The van der Waals surface area contributed by atoms with Crippen LogP contribution in [0.15, 0.2) is 28.8 Å². The zero-order valence-corrected chi connectivity index (χ0v) is 16.3. The van der Waals surface area contributed by atoms with Crippen LogP contribution in [0.25, 0.3) is 5.57 Å². The van der Waals surface area contributed by atoms with E-state index in [0.717, 1.165) is 33.4 Å². The zero-order valence-electron chi connectivity index (χ0n) is 14.8. The highest BCUT2D eigenvalue weighted by atomic mass is 35.5. The fourth-order valence-electron chi connectivity index (χ4n) is 2.79. The molecule has 0 aliphatic heterocycles. The second kappa shape index (κ2) is 8.15. The molecule has 4 nitrogen and oxygen atoms in total. The van der Waals surface area contributed by atoms with Crippen LogP contribution in [0.3, 0.4) is 0 Å². The lowest BCUT2D eigenvalue weighted by Crippen LogP contribution is -1.99. The Hall–Kier alpha value is -2.66. The molecule has 26 heavy (non-hydrogen) atoms. The van der Waals surface area contributed by atoms with Crippen LogP contribution in [-0.4, -0.2) is 0 Å². The molecule has 2 aromatic rings. The summed E-state index contributed by atoms with van der Waals surface area (Å²) in [5, 5.41) is 17.5. The standard InChI is InChI=1S/C20H16Cl2N2O2/c1-11-7-17(25-9-23)13(3)5-15(11)19(20(21)22)16-6-14(4)18(26-10-24)8-12(16)2/h5-8H,1-4H3. The van der Waals surface area contributed by atoms with Gasteiger partial charge in [-0.05, 0) is 85.3 Å². The summed E-state index contributed by atoms with van der Waals surface area (Å²) in [5.74, 6) is 0.980. The maximum Gasteiger partial charge on any atom is 0.292 e. The molecule has 2 aromatic carbocycles. The summed E-state index contributed by atoms with van der Waals surface area (Å²) in [6, 6.07) is 7.33. The van der Waals surface area contributed by atoms with Gasteiger partial charge in [-0.2, -0.15) is 0 Å². The molecule has 0 saturated heterocycles. The van der Waals surface area contributed by atoms with Gasteiger partial charge in [-0.25, -0.2) is 0 Å². The highest BCUT2D eigenvalue weighted by Crippen LogP contribution is 2.38. The number of aryl methyl sites for hydroxylation is 4. The Morgan fingerprint density at radius 2 is 1.12 bits per heavy atom. The third kappa shape index (κ3) is 3.94. The molecule has 0 aromatic heterocycles. The van der Waals surface area contributed by atoms with Gasteiger partial charge in [0.25, 0.3) is 12.5 Å². The predicted molar refractivity (Wildman–Crippen MR) is 102 cm³/mol. The number of rotatable bonds is 4. The van der Waals surface area contributed by atoms with Crippen molar-refractivity contribution < 1.29 is 9.47 Å². The van der Waals surface area contributed by atoms with E-state index in [-0.39, 0.29) is 4.49 Å². The minimum absolute atomic E-state index is 0.123. The number of ether oxygens (including phenoxy) is 2. The predicted octanol–water partition coefficient (Wildman–Crippen LogP) is 5.83. The molecular formula is C20H16Cl2N2O2. The van der Waals surface area contributed by atoms with Gasteiger partial charge in [0.05, 0.1) is 0 Å². The monoisotopic (exact) mass is 386 g/mol. The third-order valence-corrected chi connectivity index (χ3v) is 4.46. The first-order chi connectivity index (χ1) is 12.3. The van der Waals surface area contributed by atoms with Crippen LogP contribution in [-0.2, 0) is 0 Å². The molecule has 6 heteroatoms. The SMILES string of the molecule is Cc1cc(C(=C(Cl)Cl)c2cc(C)c(OC#N)cc2C)c(C)cc1OC#N. The Morgan fingerprint density at radius 1 is 0.731 bits per heavy atom. The van der Waals surface area contributed by atoms with Crippen molar-refractivity contribution in [3.8, 4) is 24.0 Å². The molecule has 0 fully saturated rings. The molecule has 0 aliphatic rings. The minimum atomic E-state index is 0.123. The van der Waals surface area contributed by atoms with E-state index in [2.05, 4.69) is 0 Å². The lowest BCUT2D eigenvalue weighted by Gasteiger charge is -2.17. The molecule has 0 radical (unpaired) electrons. The highest BCUT2D eigenvalue weighted by Gasteiger charge is 2.18. The maximum absolute atomic E-state index is 8.76. The third-order valence-electron chi connectivity index (χ3n) is 4.08. The van der Waals surface area contributed by atoms with E-state index in [1.165, 1.54) is 0 Å². The molecule has 0 aliphatic carbocycles. The van der Waals surface area contributed by atoms with Gasteiger partial charge in [0, 0.05) is 5.57 Å². The number of benzene rings is 2. The number of nitriles is 2. The number of hydrogen-bond acceptors (Lipinski definition) is 4. The van der Waals surface area contributed by atoms with Crippen molar-refractivity contribution in [3.63, 3.8) is 0 Å². The summed E-state index contributed by atoms with van der Waals surface area (Å²) in [5.41, 5.74) is 5.65. The van der Waals surface area contributed by atoms with Crippen LogP contribution in [0, 0.1) is 50.7 Å². The van der Waals surface area contributed by atoms with Gasteiger partial charge in [-0.1, -0.05) is 23.2 Å². The normalized spacial score (nSPS) is 9.85. The van der Waals surface area contributed by atoms with Crippen molar-refractivity contribution in [2.45, 2.75) is 27.7 Å². The fraction of sp³-hybridized carbons (Fsp3) is 0.200. The first-order valence-corrected chi connectivity index (χ1v) is 8.46. The molecule has 0 amide bonds. The fourth-order valence-corrected chi connectivity index (χ4v) is 3.19. The van der Waals surface area contributed by atoms with Crippen LogP contribution in [0.5, 0.6) is 11.5 Å². The van der Waals surface area contributed by atoms with Crippen molar-refractivity contribution in [2.24, 2.45) is 0 Å². The lowest BCUT2D eigenvalue weighted by molar-refractivity contribution is 0.502. The van der Waals surface area contributed by atoms with E-state index in [0.29, 0.717) is 17.1 Å². The van der Waals surface area contributed by atoms with Gasteiger partial charge in [0.2, 0.25) is 0 Å². The van der Waals surface area contributed by atoms with E-state index >= 15 is 0 Å². The van der Waals surface area contributed by atoms with Crippen molar-refractivity contribution in [2.75, 3.05) is 0 Å². The van der Waals surface area contributed by atoms with E-state index in [1.54, 1.807) is 24.6 Å². The first kappa shape index (κ1) is 19.7. The van der Waals surface area contributed by atoms with Crippen molar-refractivity contribution in [1.82, 2.24) is 0 Å². The summed E-state index contributed by atoms with van der Waals surface area (Å²) in [7, 11) is 0. The highest BCUT2D eigenvalue weighted by molar-refractivity contribution is 6.59. The van der Waals surface area contributed by atoms with E-state index in [4.69, 9.17) is 43.2 Å². The number of hydrogen-bond donors (Lipinski definition) is 0. The van der Waals surface area contributed by atoms with E-state index in [1.807, 2.05) is 39.8 Å². The molecule has 0 spiro atoms. The Kier molecular flexibility index (Phi) is 6.16. The van der Waals surface area contributed by atoms with Gasteiger partial charge >= 0.3 is 0 Å². The van der Waals surface area contributed by atoms with Crippen molar-refractivity contribution >= 4 is 28.8 Å².